The molecule has 0 unspecified atom stereocenters. The lowest BCUT2D eigenvalue weighted by Gasteiger charge is -2.12. The normalized spacial score (nSPS) is 9.27. The Hall–Kier alpha value is -2.02. The van der Waals surface area contributed by atoms with E-state index in [1.165, 1.54) is 0 Å². The molecule has 0 saturated carbocycles. The van der Waals surface area contributed by atoms with Crippen LogP contribution in [0, 0.1) is 0 Å². The lowest BCUT2D eigenvalue weighted by atomic mass is 10.2. The maximum Gasteiger partial charge on any atom is 0.221 e. The molecule has 0 aliphatic rings. The van der Waals surface area contributed by atoms with Crippen molar-refractivity contribution in [3.05, 3.63) is 52.3 Å². The number of nitrogens with zero attached hydrogens (tertiary/aromatic N) is 1. The molecular weight excluding hydrogens is 327 g/mol. The van der Waals surface area contributed by atoms with E-state index in [1.807, 2.05) is 25.2 Å². The number of amides is 1. The number of rotatable bonds is 5. The third-order valence-electron chi connectivity index (χ3n) is 2.55. The third kappa shape index (κ3) is 5.40. The lowest BCUT2D eigenvalue weighted by molar-refractivity contribution is -0.109. The highest BCUT2D eigenvalue weighted by Crippen LogP contribution is 2.27. The number of hydrazine groups is 1. The Morgan fingerprint density at radius 2 is 2.05 bits per heavy atom. The number of hydrogen-bond donors (Lipinski definition) is 3. The Kier molecular flexibility index (Phi) is 8.06. The quantitative estimate of drug-likeness (QED) is 0.255. The van der Waals surface area contributed by atoms with E-state index in [2.05, 4.69) is 16.1 Å². The minimum absolute atomic E-state index is 0.335. The second-order valence-corrected chi connectivity index (χ2v) is 4.65. The maximum atomic E-state index is 8.94. The minimum atomic E-state index is 0.335. The van der Waals surface area contributed by atoms with Crippen LogP contribution >= 0.6 is 23.2 Å². The van der Waals surface area contributed by atoms with Gasteiger partial charge in [-0.3, -0.25) is 10.2 Å². The van der Waals surface area contributed by atoms with Gasteiger partial charge >= 0.3 is 0 Å². The highest BCUT2D eigenvalue weighted by molar-refractivity contribution is 6.31. The largest absolute Gasteiger partial charge is 0.486 e. The van der Waals surface area contributed by atoms with Crippen molar-refractivity contribution in [2.24, 2.45) is 5.84 Å². The Morgan fingerprint density at radius 3 is 2.64 bits per heavy atom. The zero-order chi connectivity index (χ0) is 16.4. The van der Waals surface area contributed by atoms with Crippen LogP contribution in [0.3, 0.4) is 0 Å². The Bertz CT molecular complexity index is 611. The molecule has 4 N–H and O–H groups in total. The molecule has 0 atom stereocenters. The zero-order valence-corrected chi connectivity index (χ0v) is 13.4. The van der Waals surface area contributed by atoms with Gasteiger partial charge in [0.05, 0.1) is 0 Å². The molecule has 1 heterocycles. The number of halogens is 2. The summed E-state index contributed by atoms with van der Waals surface area (Å²) in [6.45, 7) is 0.335. The fourth-order valence-electron chi connectivity index (χ4n) is 1.57. The number of ether oxygens (including phenoxy) is 1. The average molecular weight is 343 g/mol. The van der Waals surface area contributed by atoms with E-state index in [-0.39, 0.29) is 0 Å². The molecule has 8 heteroatoms. The molecule has 1 amide bonds. The second-order valence-electron chi connectivity index (χ2n) is 3.88. The van der Waals surface area contributed by atoms with Gasteiger partial charge in [-0.1, -0.05) is 29.3 Å². The smallest absolute Gasteiger partial charge is 0.221 e. The van der Waals surface area contributed by atoms with Crippen molar-refractivity contribution in [1.82, 2.24) is 10.4 Å². The molecule has 1 aromatic heterocycles. The fraction of sp³-hybridized carbons (Fsp3) is 0.143. The predicted octanol–water partition coefficient (Wildman–Crippen LogP) is 2.62. The highest BCUT2D eigenvalue weighted by atomic mass is 35.5. The summed E-state index contributed by atoms with van der Waals surface area (Å²) in [5.74, 6) is 4.95. The van der Waals surface area contributed by atoms with Crippen molar-refractivity contribution < 1.29 is 9.53 Å². The van der Waals surface area contributed by atoms with Crippen LogP contribution in [0.2, 0.25) is 10.2 Å². The Labute approximate surface area is 138 Å². The van der Waals surface area contributed by atoms with Gasteiger partial charge in [-0.25, -0.2) is 10.8 Å². The summed E-state index contributed by atoms with van der Waals surface area (Å²) >= 11 is 12.1. The molecule has 1 aromatic carbocycles. The summed E-state index contributed by atoms with van der Waals surface area (Å²) in [5.41, 5.74) is 3.57. The summed E-state index contributed by atoms with van der Waals surface area (Å²) < 4.78 is 5.63. The molecule has 0 radical (unpaired) electrons. The van der Waals surface area contributed by atoms with Gasteiger partial charge in [0.2, 0.25) is 6.41 Å². The number of aromatic nitrogens is 1. The first-order chi connectivity index (χ1) is 10.6. The number of hydrogen-bond acceptors (Lipinski definition) is 5. The number of carbonyl (C=O) groups excluding carboxylic acids is 1. The van der Waals surface area contributed by atoms with Crippen LogP contribution in [0.25, 0.3) is 0 Å². The molecule has 0 bridgehead atoms. The third-order valence-corrected chi connectivity index (χ3v) is 3.19. The van der Waals surface area contributed by atoms with Crippen molar-refractivity contribution in [2.75, 3.05) is 12.4 Å². The van der Waals surface area contributed by atoms with Gasteiger partial charge in [-0.05, 0) is 24.3 Å². The van der Waals surface area contributed by atoms with Crippen molar-refractivity contribution in [3.63, 3.8) is 0 Å². The molecule has 2 aromatic rings. The molecular formula is C14H16Cl2N4O2. The van der Waals surface area contributed by atoms with E-state index in [0.717, 1.165) is 11.3 Å². The predicted molar refractivity (Wildman–Crippen MR) is 88.0 cm³/mol. The van der Waals surface area contributed by atoms with Crippen LogP contribution in [0.15, 0.2) is 36.5 Å². The van der Waals surface area contributed by atoms with Crippen LogP contribution in [0.4, 0.5) is 5.69 Å². The van der Waals surface area contributed by atoms with Crippen LogP contribution in [0.1, 0.15) is 5.56 Å². The molecule has 2 rings (SSSR count). The van der Waals surface area contributed by atoms with Crippen LogP contribution in [0.5, 0.6) is 5.75 Å². The molecule has 0 aliphatic carbocycles. The van der Waals surface area contributed by atoms with Crippen molar-refractivity contribution in [1.29, 1.82) is 0 Å². The SMILES string of the molecule is CNc1cccc(Cl)c1COc1cccnc1Cl.NNC=O. The number of anilines is 1. The van der Waals surface area contributed by atoms with E-state index in [4.69, 9.17) is 32.7 Å². The van der Waals surface area contributed by atoms with Gasteiger partial charge in [0, 0.05) is 29.5 Å². The first-order valence-electron chi connectivity index (χ1n) is 6.22. The summed E-state index contributed by atoms with van der Waals surface area (Å²) in [7, 11) is 1.84. The number of benzene rings is 1. The van der Waals surface area contributed by atoms with Crippen molar-refractivity contribution in [2.45, 2.75) is 6.61 Å². The van der Waals surface area contributed by atoms with Gasteiger partial charge in [0.25, 0.3) is 0 Å². The van der Waals surface area contributed by atoms with Crippen molar-refractivity contribution in [3.8, 4) is 5.75 Å². The maximum absolute atomic E-state index is 8.94. The summed E-state index contributed by atoms with van der Waals surface area (Å²) in [5, 5.41) is 4.07. The zero-order valence-electron chi connectivity index (χ0n) is 11.8. The first kappa shape index (κ1) is 18.0. The van der Waals surface area contributed by atoms with Crippen LogP contribution in [-0.2, 0) is 11.4 Å². The van der Waals surface area contributed by atoms with E-state index in [9.17, 15) is 0 Å². The second kappa shape index (κ2) is 9.83. The summed E-state index contributed by atoms with van der Waals surface area (Å²) in [6, 6.07) is 9.19. The van der Waals surface area contributed by atoms with Crippen molar-refractivity contribution >= 4 is 35.3 Å². The monoisotopic (exact) mass is 342 g/mol. The van der Waals surface area contributed by atoms with E-state index in [0.29, 0.717) is 28.9 Å². The molecule has 22 heavy (non-hydrogen) atoms. The summed E-state index contributed by atoms with van der Waals surface area (Å²) in [6.07, 6.45) is 2.02. The number of pyridine rings is 1. The molecule has 6 nitrogen and oxygen atoms in total. The standard InChI is InChI=1S/C13H12Cl2N2O.CH4N2O/c1-16-11-5-2-4-10(14)9(11)8-18-12-6-3-7-17-13(12)15;2-3-1-4/h2-7,16H,8H2,1H3;1H,2H2,(H,3,4). The molecule has 0 saturated heterocycles. The number of carbonyl (C=O) groups is 1. The average Bonchev–Trinajstić information content (AvgIpc) is 2.55. The number of nitrogens with two attached hydrogens (primary N) is 1. The van der Waals surface area contributed by atoms with E-state index < -0.39 is 0 Å². The summed E-state index contributed by atoms with van der Waals surface area (Å²) in [4.78, 5) is 12.9. The van der Waals surface area contributed by atoms with Gasteiger partial charge in [-0.2, -0.15) is 0 Å². The molecule has 0 aliphatic heterocycles. The highest BCUT2D eigenvalue weighted by Gasteiger charge is 2.08. The fourth-order valence-corrected chi connectivity index (χ4v) is 1.97. The van der Waals surface area contributed by atoms with Gasteiger partial charge in [0.1, 0.15) is 6.61 Å². The first-order valence-corrected chi connectivity index (χ1v) is 6.97. The van der Waals surface area contributed by atoms with Crippen LogP contribution in [-0.4, -0.2) is 18.4 Å². The Balaban J connectivity index is 0.000000541. The lowest BCUT2D eigenvalue weighted by Crippen LogP contribution is -2.18. The van der Waals surface area contributed by atoms with Gasteiger partial charge in [0.15, 0.2) is 10.9 Å². The Morgan fingerprint density at radius 1 is 1.32 bits per heavy atom. The van der Waals surface area contributed by atoms with E-state index >= 15 is 0 Å². The van der Waals surface area contributed by atoms with Gasteiger partial charge in [-0.15, -0.1) is 0 Å². The topological polar surface area (TPSA) is 89.3 Å². The van der Waals surface area contributed by atoms with Gasteiger partial charge < -0.3 is 10.1 Å². The van der Waals surface area contributed by atoms with E-state index in [1.54, 1.807) is 23.8 Å². The molecule has 118 valence electrons. The van der Waals surface area contributed by atoms with Crippen LogP contribution < -0.4 is 21.3 Å². The minimum Gasteiger partial charge on any atom is -0.486 e. The molecule has 0 fully saturated rings. The molecule has 0 spiro atoms. The number of nitrogens with one attached hydrogen (secondary N) is 2.